The lowest BCUT2D eigenvalue weighted by Crippen LogP contribution is -2.33. The lowest BCUT2D eigenvalue weighted by atomic mass is 10.2. The summed E-state index contributed by atoms with van der Waals surface area (Å²) < 4.78 is 1.91. The molecule has 0 aliphatic rings. The number of rotatable bonds is 4. The van der Waals surface area contributed by atoms with Crippen molar-refractivity contribution in [2.75, 3.05) is 11.9 Å². The van der Waals surface area contributed by atoms with Gasteiger partial charge in [-0.05, 0) is 13.8 Å². The summed E-state index contributed by atoms with van der Waals surface area (Å²) in [6, 6.07) is 0.165. The van der Waals surface area contributed by atoms with Crippen molar-refractivity contribution in [2.45, 2.75) is 26.3 Å². The summed E-state index contributed by atoms with van der Waals surface area (Å²) in [6.45, 7) is 3.95. The molecule has 1 atom stereocenters. The predicted octanol–water partition coefficient (Wildman–Crippen LogP) is 0.934. The molecule has 0 fully saturated rings. The Hall–Kier alpha value is -1.76. The highest BCUT2D eigenvalue weighted by Crippen LogP contribution is 2.19. The molecule has 0 aliphatic carbocycles. The number of nitrogens with two attached hydrogens (primary N) is 1. The first kappa shape index (κ1) is 12.7. The number of thiocarbonyl (C=S) groups is 1. The van der Waals surface area contributed by atoms with Crippen molar-refractivity contribution in [3.8, 4) is 0 Å². The molecule has 18 heavy (non-hydrogen) atoms. The van der Waals surface area contributed by atoms with E-state index >= 15 is 0 Å². The second-order valence-corrected chi connectivity index (χ2v) is 4.85. The highest BCUT2D eigenvalue weighted by molar-refractivity contribution is 7.80. The lowest BCUT2D eigenvalue weighted by molar-refractivity contribution is 0.705. The molecule has 96 valence electrons. The normalized spacial score (nSPS) is 12.6. The maximum absolute atomic E-state index is 5.58. The Morgan fingerprint density at radius 3 is 2.94 bits per heavy atom. The first-order valence-corrected chi connectivity index (χ1v) is 6.09. The van der Waals surface area contributed by atoms with Gasteiger partial charge in [-0.2, -0.15) is 0 Å². The van der Waals surface area contributed by atoms with Gasteiger partial charge in [0.1, 0.15) is 5.82 Å². The van der Waals surface area contributed by atoms with Crippen LogP contribution in [0.5, 0.6) is 0 Å². The third-order valence-corrected chi connectivity index (χ3v) is 3.14. The topological polar surface area (TPSA) is 72.3 Å². The average Bonchev–Trinajstić information content (AvgIpc) is 2.69. The fourth-order valence-electron chi connectivity index (χ4n) is 1.81. The lowest BCUT2D eigenvalue weighted by Gasteiger charge is -2.25. The van der Waals surface area contributed by atoms with Crippen LogP contribution in [-0.4, -0.2) is 37.7 Å². The summed E-state index contributed by atoms with van der Waals surface area (Å²) in [4.78, 5) is 6.88. The maximum atomic E-state index is 5.58. The molecule has 0 amide bonds. The molecule has 2 rings (SSSR count). The molecule has 0 aliphatic heterocycles. The van der Waals surface area contributed by atoms with Gasteiger partial charge >= 0.3 is 0 Å². The van der Waals surface area contributed by atoms with Gasteiger partial charge in [0, 0.05) is 31.9 Å². The first-order valence-electron chi connectivity index (χ1n) is 5.68. The monoisotopic (exact) mass is 264 g/mol. The van der Waals surface area contributed by atoms with Gasteiger partial charge in [0.15, 0.2) is 5.82 Å². The fraction of sp³-hybridized carbons (Fsp3) is 0.455. The average molecular weight is 264 g/mol. The summed E-state index contributed by atoms with van der Waals surface area (Å²) in [7, 11) is 1.95. The van der Waals surface area contributed by atoms with E-state index in [1.165, 1.54) is 0 Å². The summed E-state index contributed by atoms with van der Waals surface area (Å²) in [5, 5.41) is 8.20. The van der Waals surface area contributed by atoms with Crippen LogP contribution in [0.25, 0.3) is 5.65 Å². The quantitative estimate of drug-likeness (QED) is 0.828. The van der Waals surface area contributed by atoms with Crippen LogP contribution < -0.4 is 10.6 Å². The number of hydrogen-bond donors (Lipinski definition) is 1. The van der Waals surface area contributed by atoms with Crippen LogP contribution >= 0.6 is 12.2 Å². The zero-order valence-electron chi connectivity index (χ0n) is 10.7. The summed E-state index contributed by atoms with van der Waals surface area (Å²) >= 11 is 4.94. The van der Waals surface area contributed by atoms with E-state index in [2.05, 4.69) is 15.2 Å². The predicted molar refractivity (Wildman–Crippen MR) is 74.8 cm³/mol. The van der Waals surface area contributed by atoms with E-state index < -0.39 is 0 Å². The molecule has 2 aromatic rings. The Morgan fingerprint density at radius 1 is 1.56 bits per heavy atom. The second-order valence-electron chi connectivity index (χ2n) is 4.32. The summed E-state index contributed by atoms with van der Waals surface area (Å²) in [5.41, 5.74) is 6.32. The van der Waals surface area contributed by atoms with Crippen LogP contribution in [0.3, 0.4) is 0 Å². The van der Waals surface area contributed by atoms with Crippen molar-refractivity contribution in [1.82, 2.24) is 19.6 Å². The Bertz CT molecular complexity index is 578. The van der Waals surface area contributed by atoms with E-state index in [0.29, 0.717) is 11.4 Å². The molecule has 6 nitrogen and oxygen atoms in total. The van der Waals surface area contributed by atoms with Crippen LogP contribution in [0.2, 0.25) is 0 Å². The van der Waals surface area contributed by atoms with Gasteiger partial charge < -0.3 is 10.6 Å². The summed E-state index contributed by atoms with van der Waals surface area (Å²) in [6.07, 6.45) is 4.23. The Morgan fingerprint density at radius 2 is 2.28 bits per heavy atom. The number of aromatic nitrogens is 4. The molecule has 0 aromatic carbocycles. The molecule has 2 heterocycles. The minimum atomic E-state index is 0.165. The van der Waals surface area contributed by atoms with Gasteiger partial charge in [0.2, 0.25) is 5.65 Å². The van der Waals surface area contributed by atoms with Crippen LogP contribution in [0.15, 0.2) is 12.4 Å². The molecule has 0 radical (unpaired) electrons. The highest BCUT2D eigenvalue weighted by Gasteiger charge is 2.17. The minimum absolute atomic E-state index is 0.165. The van der Waals surface area contributed by atoms with Gasteiger partial charge in [0.05, 0.1) is 4.99 Å². The van der Waals surface area contributed by atoms with Crippen LogP contribution in [0.1, 0.15) is 19.2 Å². The van der Waals surface area contributed by atoms with Crippen molar-refractivity contribution in [3.63, 3.8) is 0 Å². The molecule has 1 unspecified atom stereocenters. The number of hydrogen-bond acceptors (Lipinski definition) is 5. The number of anilines is 1. The van der Waals surface area contributed by atoms with Crippen LogP contribution in [-0.2, 0) is 0 Å². The van der Waals surface area contributed by atoms with E-state index in [-0.39, 0.29) is 6.04 Å². The van der Waals surface area contributed by atoms with E-state index in [4.69, 9.17) is 18.0 Å². The molecule has 7 heteroatoms. The van der Waals surface area contributed by atoms with Crippen molar-refractivity contribution in [2.24, 2.45) is 5.73 Å². The number of fused-ring (bicyclic) bond motifs is 1. The van der Waals surface area contributed by atoms with Gasteiger partial charge in [-0.15, -0.1) is 10.2 Å². The molecular weight excluding hydrogens is 248 g/mol. The van der Waals surface area contributed by atoms with Crippen molar-refractivity contribution >= 4 is 28.7 Å². The molecular formula is C11H16N6S. The van der Waals surface area contributed by atoms with E-state index in [1.807, 2.05) is 36.4 Å². The van der Waals surface area contributed by atoms with Crippen LogP contribution in [0, 0.1) is 6.92 Å². The second kappa shape index (κ2) is 4.85. The van der Waals surface area contributed by atoms with Gasteiger partial charge in [-0.3, -0.25) is 4.40 Å². The van der Waals surface area contributed by atoms with Crippen molar-refractivity contribution in [1.29, 1.82) is 0 Å². The first-order chi connectivity index (χ1) is 8.50. The highest BCUT2D eigenvalue weighted by atomic mass is 32.1. The van der Waals surface area contributed by atoms with E-state index in [1.54, 1.807) is 6.20 Å². The van der Waals surface area contributed by atoms with E-state index in [9.17, 15) is 0 Å². The largest absolute Gasteiger partial charge is 0.393 e. The smallest absolute Gasteiger partial charge is 0.203 e. The van der Waals surface area contributed by atoms with Crippen molar-refractivity contribution < 1.29 is 0 Å². The van der Waals surface area contributed by atoms with Gasteiger partial charge in [-0.1, -0.05) is 12.2 Å². The zero-order chi connectivity index (χ0) is 13.3. The van der Waals surface area contributed by atoms with Crippen LogP contribution in [0.4, 0.5) is 5.82 Å². The van der Waals surface area contributed by atoms with Gasteiger partial charge in [0.25, 0.3) is 0 Å². The van der Waals surface area contributed by atoms with E-state index in [0.717, 1.165) is 17.3 Å². The third-order valence-electron chi connectivity index (χ3n) is 2.97. The molecule has 0 saturated carbocycles. The SMILES string of the molecule is Cc1nnc2c(N(C)C(C)CC(N)=S)nccn12. The Labute approximate surface area is 111 Å². The van der Waals surface area contributed by atoms with Crippen molar-refractivity contribution in [3.05, 3.63) is 18.2 Å². The molecule has 0 saturated heterocycles. The third kappa shape index (κ3) is 2.26. The number of aryl methyl sites for hydroxylation is 1. The Balaban J connectivity index is 2.38. The molecule has 2 N–H and O–H groups in total. The maximum Gasteiger partial charge on any atom is 0.203 e. The Kier molecular flexibility index (Phi) is 3.42. The number of nitrogens with zero attached hydrogens (tertiary/aromatic N) is 5. The standard InChI is InChI=1S/C11H16N6S/c1-7(6-9(12)18)16(3)10-11-15-14-8(2)17(11)5-4-13-10/h4-5,7H,6H2,1-3H3,(H2,12,18). The van der Waals surface area contributed by atoms with Gasteiger partial charge in [-0.25, -0.2) is 4.98 Å². The minimum Gasteiger partial charge on any atom is -0.393 e. The molecule has 0 spiro atoms. The zero-order valence-corrected chi connectivity index (χ0v) is 11.5. The molecule has 0 bridgehead atoms. The fourth-order valence-corrected chi connectivity index (χ4v) is 2.06. The molecule has 2 aromatic heterocycles. The summed E-state index contributed by atoms with van der Waals surface area (Å²) in [5.74, 6) is 1.62.